The number of aromatic amines is 1. The van der Waals surface area contributed by atoms with Crippen molar-refractivity contribution in [3.05, 3.63) is 127 Å². The Bertz CT molecular complexity index is 2090. The third kappa shape index (κ3) is 9.87. The number of nitrogens with one attached hydrogen (secondary N) is 2. The van der Waals surface area contributed by atoms with Crippen LogP contribution in [0.4, 0.5) is 13.2 Å². The summed E-state index contributed by atoms with van der Waals surface area (Å²) in [5.74, 6) is -1.22. The topological polar surface area (TPSA) is 119 Å². The summed E-state index contributed by atoms with van der Waals surface area (Å²) in [6.45, 7) is -0.0189. The summed E-state index contributed by atoms with van der Waals surface area (Å²) in [6, 6.07) is 15.5. The monoisotopic (exact) mass is 813 g/mol. The largest absolute Gasteiger partial charge is 0.489 e. The molecule has 0 amide bonds. The Kier molecular flexibility index (Phi) is 12.5. The molecule has 8 rings (SSSR count). The number of nitrogens with zero attached hydrogens (tertiary/aromatic N) is 1. The number of carbonyl (C=O) groups is 2. The average Bonchev–Trinajstić information content (AvgIpc) is 4.03. The molecule has 3 aromatic carbocycles. The van der Waals surface area contributed by atoms with E-state index in [1.807, 2.05) is 0 Å². The molecule has 10 nitrogen and oxygen atoms in total. The van der Waals surface area contributed by atoms with Crippen LogP contribution < -0.4 is 20.3 Å². The van der Waals surface area contributed by atoms with Crippen LogP contribution in [0.5, 0.6) is 11.5 Å². The van der Waals surface area contributed by atoms with Crippen LogP contribution in [0.3, 0.4) is 0 Å². The van der Waals surface area contributed by atoms with Crippen LogP contribution in [0.2, 0.25) is 10.0 Å². The van der Waals surface area contributed by atoms with Crippen molar-refractivity contribution in [2.24, 2.45) is 11.8 Å². The van der Waals surface area contributed by atoms with Gasteiger partial charge in [0, 0.05) is 31.3 Å². The first-order valence-corrected chi connectivity index (χ1v) is 19.2. The SMILES string of the molecule is O=C(O[C@@H](Cc1c(Cl)c[nH]c(=O)c1Cl)c1ccc(OC(F)F)c(OCC2CC2)c1)c1cccc(CNC(C(=O)O[C@H]2CN3CCC2CC3)c2ccc(F)cc2)c1. The van der Waals surface area contributed by atoms with Gasteiger partial charge in [0.25, 0.3) is 5.56 Å². The molecule has 2 bridgehead atoms. The van der Waals surface area contributed by atoms with Crippen LogP contribution in [0.25, 0.3) is 0 Å². The van der Waals surface area contributed by atoms with E-state index in [4.69, 9.17) is 42.1 Å². The molecule has 1 saturated carbocycles. The van der Waals surface area contributed by atoms with Gasteiger partial charge in [-0.3, -0.25) is 15.0 Å². The average molecular weight is 815 g/mol. The van der Waals surface area contributed by atoms with Gasteiger partial charge in [-0.1, -0.05) is 53.5 Å². The molecule has 1 aliphatic carbocycles. The molecule has 1 aromatic heterocycles. The van der Waals surface area contributed by atoms with Crippen LogP contribution in [-0.4, -0.2) is 60.8 Å². The minimum atomic E-state index is -3.10. The Morgan fingerprint density at radius 3 is 2.39 bits per heavy atom. The molecular formula is C41H40Cl2F3N3O7. The lowest BCUT2D eigenvalue weighted by atomic mass is 9.86. The lowest BCUT2D eigenvalue weighted by Crippen LogP contribution is -2.52. The maximum absolute atomic E-state index is 13.9. The maximum Gasteiger partial charge on any atom is 0.387 e. The van der Waals surface area contributed by atoms with Gasteiger partial charge in [0.05, 0.1) is 17.2 Å². The van der Waals surface area contributed by atoms with E-state index in [1.54, 1.807) is 24.3 Å². The van der Waals surface area contributed by atoms with E-state index < -0.39 is 42.1 Å². The van der Waals surface area contributed by atoms with Gasteiger partial charge >= 0.3 is 18.6 Å². The Morgan fingerprint density at radius 2 is 1.70 bits per heavy atom. The molecule has 296 valence electrons. The van der Waals surface area contributed by atoms with Crippen molar-refractivity contribution in [2.75, 3.05) is 26.2 Å². The summed E-state index contributed by atoms with van der Waals surface area (Å²) >= 11 is 12.8. The second-order valence-corrected chi connectivity index (χ2v) is 15.2. The van der Waals surface area contributed by atoms with Gasteiger partial charge in [-0.05, 0) is 104 Å². The fourth-order valence-corrected chi connectivity index (χ4v) is 7.63. The second kappa shape index (κ2) is 17.7. The number of pyridine rings is 1. The summed E-state index contributed by atoms with van der Waals surface area (Å²) in [5, 5.41) is 3.16. The van der Waals surface area contributed by atoms with Gasteiger partial charge < -0.3 is 23.9 Å². The highest BCUT2D eigenvalue weighted by molar-refractivity contribution is 6.35. The zero-order valence-electron chi connectivity index (χ0n) is 30.2. The number of ether oxygens (including phenoxy) is 4. The molecule has 3 saturated heterocycles. The highest BCUT2D eigenvalue weighted by Crippen LogP contribution is 2.38. The first kappa shape index (κ1) is 39.7. The standard InChI is InChI=1S/C41H40Cl2F3N3O7/c42-31-20-48-38(50)36(43)30(31)18-33(27-8-11-32(56-41(45)46)34(17-27)53-22-23-4-5-23)54-39(51)28-3-1-2-24(16-28)19-47-37(26-6-9-29(44)10-7-26)40(52)55-35-21-49-14-12-25(35)13-15-49/h1-3,6-11,16-17,20,23,25,33,35,37,41,47H,4-5,12-15,18-19,21-22H2,(H,48,50)/t33-,35-,37?/m0/s1. The van der Waals surface area contributed by atoms with Crippen molar-refractivity contribution >= 4 is 35.1 Å². The summed E-state index contributed by atoms with van der Waals surface area (Å²) in [4.78, 5) is 44.7. The minimum Gasteiger partial charge on any atom is -0.489 e. The van der Waals surface area contributed by atoms with Gasteiger partial charge in [-0.15, -0.1) is 0 Å². The van der Waals surface area contributed by atoms with Gasteiger partial charge in [0.1, 0.15) is 29.1 Å². The smallest absolute Gasteiger partial charge is 0.387 e. The van der Waals surface area contributed by atoms with Gasteiger partial charge in [-0.2, -0.15) is 8.78 Å². The van der Waals surface area contributed by atoms with E-state index >= 15 is 0 Å². The van der Waals surface area contributed by atoms with Crippen LogP contribution >= 0.6 is 23.2 Å². The second-order valence-electron chi connectivity index (χ2n) is 14.4. The van der Waals surface area contributed by atoms with Crippen molar-refractivity contribution in [2.45, 2.75) is 63.5 Å². The Balaban J connectivity index is 1.11. The fraction of sp³-hybridized carbons (Fsp3) is 0.390. The molecule has 0 spiro atoms. The quantitative estimate of drug-likeness (QED) is 0.109. The van der Waals surface area contributed by atoms with Crippen molar-refractivity contribution in [3.8, 4) is 11.5 Å². The van der Waals surface area contributed by atoms with Crippen LogP contribution in [-0.2, 0) is 27.2 Å². The number of aromatic nitrogens is 1. The van der Waals surface area contributed by atoms with Crippen molar-refractivity contribution in [1.82, 2.24) is 15.2 Å². The highest BCUT2D eigenvalue weighted by Gasteiger charge is 2.38. The van der Waals surface area contributed by atoms with E-state index in [0.29, 0.717) is 41.7 Å². The Morgan fingerprint density at radius 1 is 0.946 bits per heavy atom. The lowest BCUT2D eigenvalue weighted by molar-refractivity contribution is -0.161. The number of alkyl halides is 2. The number of H-pyrrole nitrogens is 1. The van der Waals surface area contributed by atoms with Crippen LogP contribution in [0.15, 0.2) is 77.7 Å². The zero-order chi connectivity index (χ0) is 39.3. The number of benzene rings is 3. The van der Waals surface area contributed by atoms with Crippen LogP contribution in [0.1, 0.15) is 70.4 Å². The van der Waals surface area contributed by atoms with Crippen molar-refractivity contribution < 1.29 is 41.7 Å². The normalized spacial score (nSPS) is 20.0. The molecule has 2 N–H and O–H groups in total. The summed E-state index contributed by atoms with van der Waals surface area (Å²) < 4.78 is 63.1. The molecule has 4 fully saturated rings. The zero-order valence-corrected chi connectivity index (χ0v) is 31.7. The molecule has 56 heavy (non-hydrogen) atoms. The van der Waals surface area contributed by atoms with Crippen molar-refractivity contribution in [1.29, 1.82) is 0 Å². The molecule has 4 heterocycles. The molecule has 0 radical (unpaired) electrons. The Hall–Kier alpha value is -4.56. The van der Waals surface area contributed by atoms with E-state index in [-0.39, 0.29) is 51.7 Å². The number of hydrogen-bond acceptors (Lipinski definition) is 9. The third-order valence-corrected chi connectivity index (χ3v) is 11.2. The number of fused-ring (bicyclic) bond motifs is 3. The lowest BCUT2D eigenvalue weighted by Gasteiger charge is -2.44. The predicted octanol–water partition coefficient (Wildman–Crippen LogP) is 7.82. The molecule has 4 aromatic rings. The fourth-order valence-electron chi connectivity index (χ4n) is 7.12. The summed E-state index contributed by atoms with van der Waals surface area (Å²) in [7, 11) is 0. The van der Waals surface area contributed by atoms with E-state index in [0.717, 1.165) is 38.8 Å². The van der Waals surface area contributed by atoms with E-state index in [9.17, 15) is 27.6 Å². The van der Waals surface area contributed by atoms with Gasteiger partial charge in [-0.25, -0.2) is 14.0 Å². The van der Waals surface area contributed by atoms with Gasteiger partial charge in [0.15, 0.2) is 11.5 Å². The number of piperidine rings is 3. The number of esters is 2. The number of hydrogen-bond donors (Lipinski definition) is 2. The number of rotatable bonds is 16. The molecule has 3 aliphatic heterocycles. The number of carbonyl (C=O) groups excluding carboxylic acids is 2. The first-order chi connectivity index (χ1) is 27.0. The first-order valence-electron chi connectivity index (χ1n) is 18.5. The summed E-state index contributed by atoms with van der Waals surface area (Å²) in [5.41, 5.74) is 1.27. The third-order valence-electron chi connectivity index (χ3n) is 10.4. The summed E-state index contributed by atoms with van der Waals surface area (Å²) in [6.07, 6.45) is 3.62. The molecule has 3 atom stereocenters. The molecular weight excluding hydrogens is 774 g/mol. The Labute approximate surface area is 331 Å². The predicted molar refractivity (Wildman–Crippen MR) is 202 cm³/mol. The maximum atomic E-state index is 13.9. The molecule has 15 heteroatoms. The minimum absolute atomic E-state index is 0.0367. The highest BCUT2D eigenvalue weighted by atomic mass is 35.5. The van der Waals surface area contributed by atoms with E-state index in [2.05, 4.69) is 15.2 Å². The van der Waals surface area contributed by atoms with Gasteiger partial charge in [0.2, 0.25) is 0 Å². The molecule has 1 unspecified atom stereocenters. The van der Waals surface area contributed by atoms with Crippen LogP contribution in [0, 0.1) is 17.7 Å². The van der Waals surface area contributed by atoms with Crippen molar-refractivity contribution in [3.63, 3.8) is 0 Å². The number of halogens is 5. The van der Waals surface area contributed by atoms with E-state index in [1.165, 1.54) is 48.7 Å². The molecule has 4 aliphatic rings.